The Morgan fingerprint density at radius 1 is 1.27 bits per heavy atom. The number of thiophene rings is 1. The van der Waals surface area contributed by atoms with E-state index in [0.29, 0.717) is 5.92 Å². The Hall–Kier alpha value is -1.72. The van der Waals surface area contributed by atoms with Gasteiger partial charge in [-0.2, -0.15) is 0 Å². The molecular weight excluding hydrogens is 294 g/mol. The van der Waals surface area contributed by atoms with E-state index in [-0.39, 0.29) is 11.8 Å². The molecule has 0 bridgehead atoms. The highest BCUT2D eigenvalue weighted by Gasteiger charge is 2.46. The van der Waals surface area contributed by atoms with Crippen molar-refractivity contribution in [3.63, 3.8) is 0 Å². The molecule has 22 heavy (non-hydrogen) atoms. The Labute approximate surface area is 134 Å². The minimum atomic E-state index is 0.154. The molecule has 2 aliphatic rings. The maximum Gasteiger partial charge on any atom is 0.231 e. The third kappa shape index (κ3) is 2.44. The predicted octanol–water partition coefficient (Wildman–Crippen LogP) is 2.55. The van der Waals surface area contributed by atoms with Gasteiger partial charge in [0.15, 0.2) is 0 Å². The van der Waals surface area contributed by atoms with Gasteiger partial charge in [-0.1, -0.05) is 0 Å². The first-order chi connectivity index (χ1) is 10.7. The summed E-state index contributed by atoms with van der Waals surface area (Å²) in [5.74, 6) is 0.873. The zero-order chi connectivity index (χ0) is 15.1. The van der Waals surface area contributed by atoms with E-state index in [0.717, 1.165) is 31.9 Å². The number of nitrogens with zero attached hydrogens (tertiary/aromatic N) is 3. The predicted molar refractivity (Wildman–Crippen MR) is 87.9 cm³/mol. The first-order valence-electron chi connectivity index (χ1n) is 7.70. The minimum absolute atomic E-state index is 0.154. The van der Waals surface area contributed by atoms with E-state index >= 15 is 0 Å². The first kappa shape index (κ1) is 13.9. The highest BCUT2D eigenvalue weighted by atomic mass is 32.1. The molecule has 5 heteroatoms. The highest BCUT2D eigenvalue weighted by molar-refractivity contribution is 7.11. The number of rotatable bonds is 3. The number of fused-ring (bicyclic) bond motifs is 1. The lowest BCUT2D eigenvalue weighted by atomic mass is 10.0. The van der Waals surface area contributed by atoms with Crippen molar-refractivity contribution >= 4 is 22.9 Å². The summed E-state index contributed by atoms with van der Waals surface area (Å²) in [6, 6.07) is 8.24. The molecule has 4 nitrogen and oxygen atoms in total. The Morgan fingerprint density at radius 3 is 2.86 bits per heavy atom. The van der Waals surface area contributed by atoms with E-state index < -0.39 is 0 Å². The molecule has 2 aromatic rings. The zero-order valence-corrected chi connectivity index (χ0v) is 13.4. The summed E-state index contributed by atoms with van der Waals surface area (Å²) < 4.78 is 0. The Balaban J connectivity index is 1.44. The van der Waals surface area contributed by atoms with E-state index in [2.05, 4.69) is 28.9 Å². The maximum absolute atomic E-state index is 12.7. The van der Waals surface area contributed by atoms with Gasteiger partial charge in [0, 0.05) is 48.0 Å². The number of hydrogen-bond acceptors (Lipinski definition) is 4. The minimum Gasteiger partial charge on any atom is -0.310 e. The van der Waals surface area contributed by atoms with Gasteiger partial charge in [-0.3, -0.25) is 14.7 Å². The second kappa shape index (κ2) is 5.48. The van der Waals surface area contributed by atoms with Crippen molar-refractivity contribution < 1.29 is 4.79 Å². The molecule has 1 amide bonds. The quantitative estimate of drug-likeness (QED) is 0.874. The van der Waals surface area contributed by atoms with Crippen LogP contribution in [-0.2, 0) is 11.3 Å². The third-order valence-electron chi connectivity index (χ3n) is 4.65. The molecule has 0 unspecified atom stereocenters. The third-order valence-corrected chi connectivity index (χ3v) is 5.64. The van der Waals surface area contributed by atoms with Crippen LogP contribution in [0.25, 0.3) is 0 Å². The van der Waals surface area contributed by atoms with Gasteiger partial charge < -0.3 is 4.90 Å². The fraction of sp³-hybridized carbons (Fsp3) is 0.412. The van der Waals surface area contributed by atoms with Crippen molar-refractivity contribution in [2.24, 2.45) is 11.8 Å². The molecule has 2 saturated heterocycles. The Kier molecular flexibility index (Phi) is 3.47. The largest absolute Gasteiger partial charge is 0.310 e. The van der Waals surface area contributed by atoms with Gasteiger partial charge >= 0.3 is 0 Å². The molecule has 0 spiro atoms. The number of anilines is 1. The average molecular weight is 313 g/mol. The molecule has 2 aromatic heterocycles. The van der Waals surface area contributed by atoms with Gasteiger partial charge in [-0.05, 0) is 31.2 Å². The van der Waals surface area contributed by atoms with Crippen LogP contribution < -0.4 is 4.90 Å². The Bertz CT molecular complexity index is 684. The monoisotopic (exact) mass is 313 g/mol. The van der Waals surface area contributed by atoms with Crippen LogP contribution in [0.15, 0.2) is 36.7 Å². The van der Waals surface area contributed by atoms with Crippen molar-refractivity contribution in [1.29, 1.82) is 0 Å². The Morgan fingerprint density at radius 2 is 2.18 bits per heavy atom. The molecule has 0 radical (unpaired) electrons. The number of amides is 1. The van der Waals surface area contributed by atoms with Gasteiger partial charge in [0.05, 0.1) is 17.8 Å². The van der Waals surface area contributed by atoms with Crippen molar-refractivity contribution in [3.8, 4) is 0 Å². The summed E-state index contributed by atoms with van der Waals surface area (Å²) in [6.45, 7) is 5.85. The van der Waals surface area contributed by atoms with Gasteiger partial charge in [0.1, 0.15) is 0 Å². The van der Waals surface area contributed by atoms with Crippen LogP contribution in [0.5, 0.6) is 0 Å². The van der Waals surface area contributed by atoms with E-state index in [1.54, 1.807) is 12.4 Å². The number of pyridine rings is 1. The lowest BCUT2D eigenvalue weighted by Gasteiger charge is -2.21. The average Bonchev–Trinajstić information content (AvgIpc) is 3.18. The summed E-state index contributed by atoms with van der Waals surface area (Å²) in [4.78, 5) is 23.9. The number of likely N-dealkylation sites (tertiary alicyclic amines) is 1. The van der Waals surface area contributed by atoms with E-state index in [1.807, 2.05) is 28.4 Å². The normalized spacial score (nSPS) is 25.0. The molecule has 4 heterocycles. The van der Waals surface area contributed by atoms with Crippen molar-refractivity contribution in [1.82, 2.24) is 9.88 Å². The number of hydrogen-bond donors (Lipinski definition) is 0. The van der Waals surface area contributed by atoms with Crippen LogP contribution in [-0.4, -0.2) is 35.4 Å². The van der Waals surface area contributed by atoms with Crippen LogP contribution in [0.1, 0.15) is 9.75 Å². The van der Waals surface area contributed by atoms with Gasteiger partial charge in [-0.15, -0.1) is 11.3 Å². The summed E-state index contributed by atoms with van der Waals surface area (Å²) in [7, 11) is 0. The number of aryl methyl sites for hydroxylation is 1. The summed E-state index contributed by atoms with van der Waals surface area (Å²) in [5.41, 5.74) is 0.933. The molecule has 2 aliphatic heterocycles. The molecule has 114 valence electrons. The maximum atomic E-state index is 12.7. The SMILES string of the molecule is Cc1ccc(CN2C[C@@H]3CN(c4cccnc4)C(=O)[C@@H]3C2)s1. The van der Waals surface area contributed by atoms with Crippen molar-refractivity contribution in [2.45, 2.75) is 13.5 Å². The second-order valence-electron chi connectivity index (χ2n) is 6.23. The molecule has 2 atom stereocenters. The molecule has 2 fully saturated rings. The molecule has 0 saturated carbocycles. The van der Waals surface area contributed by atoms with Gasteiger partial charge in [0.25, 0.3) is 0 Å². The first-order valence-corrected chi connectivity index (χ1v) is 8.51. The van der Waals surface area contributed by atoms with Gasteiger partial charge in [-0.25, -0.2) is 0 Å². The summed E-state index contributed by atoms with van der Waals surface area (Å²) >= 11 is 1.86. The second-order valence-corrected chi connectivity index (χ2v) is 7.61. The smallest absolute Gasteiger partial charge is 0.231 e. The topological polar surface area (TPSA) is 36.4 Å². The molecule has 4 rings (SSSR count). The number of carbonyl (C=O) groups excluding carboxylic acids is 1. The highest BCUT2D eigenvalue weighted by Crippen LogP contribution is 2.35. The van der Waals surface area contributed by atoms with Crippen LogP contribution in [0, 0.1) is 18.8 Å². The number of carbonyl (C=O) groups is 1. The van der Waals surface area contributed by atoms with Crippen LogP contribution in [0.2, 0.25) is 0 Å². The fourth-order valence-corrected chi connectivity index (χ4v) is 4.55. The van der Waals surface area contributed by atoms with E-state index in [1.165, 1.54) is 9.75 Å². The summed E-state index contributed by atoms with van der Waals surface area (Å²) in [6.07, 6.45) is 3.53. The van der Waals surface area contributed by atoms with Gasteiger partial charge in [0.2, 0.25) is 5.91 Å². The van der Waals surface area contributed by atoms with E-state index in [9.17, 15) is 4.79 Å². The molecule has 0 aromatic carbocycles. The van der Waals surface area contributed by atoms with Crippen LogP contribution in [0.3, 0.4) is 0 Å². The van der Waals surface area contributed by atoms with E-state index in [4.69, 9.17) is 0 Å². The fourth-order valence-electron chi connectivity index (χ4n) is 3.62. The molecular formula is C17H19N3OS. The molecule has 0 aliphatic carbocycles. The summed E-state index contributed by atoms with van der Waals surface area (Å²) in [5, 5.41) is 0. The standard InChI is InChI=1S/C17H19N3OS/c1-12-4-5-15(22-12)10-19-8-13-9-20(17(21)16(13)11-19)14-3-2-6-18-7-14/h2-7,13,16H,8-11H2,1H3/t13-,16-/m1/s1. The van der Waals surface area contributed by atoms with Crippen LogP contribution >= 0.6 is 11.3 Å². The number of aromatic nitrogens is 1. The van der Waals surface area contributed by atoms with Crippen LogP contribution in [0.4, 0.5) is 5.69 Å². The van der Waals surface area contributed by atoms with Crippen molar-refractivity contribution in [3.05, 3.63) is 46.4 Å². The lowest BCUT2D eigenvalue weighted by Crippen LogP contribution is -2.32. The lowest BCUT2D eigenvalue weighted by molar-refractivity contribution is -0.120. The zero-order valence-electron chi connectivity index (χ0n) is 12.6. The molecule has 0 N–H and O–H groups in total. The van der Waals surface area contributed by atoms with Crippen molar-refractivity contribution in [2.75, 3.05) is 24.5 Å².